The molecule has 4 rings (SSSR count). The van der Waals surface area contributed by atoms with E-state index >= 15 is 0 Å². The fraction of sp³-hybridized carbons (Fsp3) is 0.0500. The van der Waals surface area contributed by atoms with Gasteiger partial charge in [0.05, 0.1) is 6.26 Å². The molecule has 25 heavy (non-hydrogen) atoms. The quantitative estimate of drug-likeness (QED) is 0.618. The second kappa shape index (κ2) is 6.57. The molecule has 4 aromatic rings. The number of carbonyl (C=O) groups excluding carboxylic acids is 1. The molecule has 0 saturated heterocycles. The third kappa shape index (κ3) is 3.12. The van der Waals surface area contributed by atoms with Crippen LogP contribution < -0.4 is 5.32 Å². The van der Waals surface area contributed by atoms with Crippen LogP contribution >= 0.6 is 0 Å². The highest BCUT2D eigenvalue weighted by atomic mass is 16.3. The Morgan fingerprint density at radius 3 is 2.88 bits per heavy atom. The summed E-state index contributed by atoms with van der Waals surface area (Å²) in [5.41, 5.74) is 2.19. The van der Waals surface area contributed by atoms with Crippen LogP contribution in [0, 0.1) is 0 Å². The molecule has 0 aliphatic rings. The van der Waals surface area contributed by atoms with E-state index in [2.05, 4.69) is 15.3 Å². The summed E-state index contributed by atoms with van der Waals surface area (Å²) < 4.78 is 5.38. The summed E-state index contributed by atoms with van der Waals surface area (Å²) in [7, 11) is 0. The number of hydrogen-bond acceptors (Lipinski definition) is 4. The highest BCUT2D eigenvalue weighted by molar-refractivity contribution is 6.05. The Labute approximate surface area is 144 Å². The Balaban J connectivity index is 1.53. The van der Waals surface area contributed by atoms with Crippen LogP contribution in [0.4, 0.5) is 0 Å². The molecule has 0 aliphatic carbocycles. The lowest BCUT2D eigenvalue weighted by Crippen LogP contribution is -2.24. The van der Waals surface area contributed by atoms with Gasteiger partial charge in [0.15, 0.2) is 0 Å². The number of carbonyl (C=O) groups is 1. The lowest BCUT2D eigenvalue weighted by Gasteiger charge is -2.08. The van der Waals surface area contributed by atoms with Crippen molar-refractivity contribution in [3.63, 3.8) is 0 Å². The van der Waals surface area contributed by atoms with Gasteiger partial charge in [0.1, 0.15) is 11.5 Å². The van der Waals surface area contributed by atoms with Crippen molar-refractivity contribution >= 4 is 16.7 Å². The molecule has 0 fully saturated rings. The minimum Gasteiger partial charge on any atom is -0.464 e. The van der Waals surface area contributed by atoms with Crippen molar-refractivity contribution in [2.24, 2.45) is 0 Å². The monoisotopic (exact) mass is 329 g/mol. The zero-order valence-electron chi connectivity index (χ0n) is 13.3. The minimum absolute atomic E-state index is 0.208. The lowest BCUT2D eigenvalue weighted by molar-refractivity contribution is 0.0948. The van der Waals surface area contributed by atoms with E-state index in [0.29, 0.717) is 12.2 Å². The molecule has 0 aliphatic heterocycles. The Kier molecular flexibility index (Phi) is 3.96. The second-order valence-electron chi connectivity index (χ2n) is 5.62. The third-order valence-corrected chi connectivity index (χ3v) is 3.94. The lowest BCUT2D eigenvalue weighted by atomic mass is 10.1. The van der Waals surface area contributed by atoms with Gasteiger partial charge in [0.25, 0.3) is 5.91 Å². The van der Waals surface area contributed by atoms with Gasteiger partial charge < -0.3 is 9.73 Å². The van der Waals surface area contributed by atoms with Crippen molar-refractivity contribution in [3.05, 3.63) is 84.6 Å². The van der Waals surface area contributed by atoms with Crippen LogP contribution in [-0.2, 0) is 6.54 Å². The molecule has 1 amide bonds. The standard InChI is InChI=1S/C20H15N3O2/c24-20(19-17-5-2-1-4-15(17)7-8-22-19)23-12-14-10-16(13-21-11-14)18-6-3-9-25-18/h1-11,13H,12H2,(H,23,24). The van der Waals surface area contributed by atoms with Crippen LogP contribution in [0.25, 0.3) is 22.1 Å². The number of nitrogens with one attached hydrogen (secondary N) is 1. The van der Waals surface area contributed by atoms with Gasteiger partial charge >= 0.3 is 0 Å². The molecule has 3 aromatic heterocycles. The fourth-order valence-corrected chi connectivity index (χ4v) is 2.73. The Bertz CT molecular complexity index is 1020. The molecule has 1 N–H and O–H groups in total. The maximum absolute atomic E-state index is 12.5. The number of amides is 1. The highest BCUT2D eigenvalue weighted by Crippen LogP contribution is 2.20. The number of rotatable bonds is 4. The molecule has 0 unspecified atom stereocenters. The maximum Gasteiger partial charge on any atom is 0.270 e. The van der Waals surface area contributed by atoms with E-state index in [1.165, 1.54) is 0 Å². The molecular weight excluding hydrogens is 314 g/mol. The Morgan fingerprint density at radius 2 is 2.00 bits per heavy atom. The molecule has 1 aromatic carbocycles. The minimum atomic E-state index is -0.208. The van der Waals surface area contributed by atoms with E-state index in [-0.39, 0.29) is 5.91 Å². The first kappa shape index (κ1) is 15.1. The van der Waals surface area contributed by atoms with E-state index in [9.17, 15) is 4.79 Å². The first-order valence-corrected chi connectivity index (χ1v) is 7.91. The van der Waals surface area contributed by atoms with E-state index in [4.69, 9.17) is 4.42 Å². The predicted octanol–water partition coefficient (Wildman–Crippen LogP) is 3.82. The van der Waals surface area contributed by atoms with Gasteiger partial charge in [-0.1, -0.05) is 24.3 Å². The van der Waals surface area contributed by atoms with Crippen LogP contribution in [-0.4, -0.2) is 15.9 Å². The number of pyridine rings is 2. The van der Waals surface area contributed by atoms with E-state index in [0.717, 1.165) is 27.7 Å². The van der Waals surface area contributed by atoms with Crippen LogP contribution in [0.2, 0.25) is 0 Å². The number of hydrogen-bond donors (Lipinski definition) is 1. The number of benzene rings is 1. The van der Waals surface area contributed by atoms with Crippen molar-refractivity contribution in [2.75, 3.05) is 0 Å². The molecule has 0 radical (unpaired) electrons. The summed E-state index contributed by atoms with van der Waals surface area (Å²) in [6.07, 6.45) is 6.73. The van der Waals surface area contributed by atoms with E-state index < -0.39 is 0 Å². The van der Waals surface area contributed by atoms with E-state index in [1.807, 2.05) is 48.5 Å². The zero-order valence-corrected chi connectivity index (χ0v) is 13.3. The topological polar surface area (TPSA) is 68.0 Å². The predicted molar refractivity (Wildman–Crippen MR) is 94.9 cm³/mol. The molecule has 122 valence electrons. The van der Waals surface area contributed by atoms with Crippen LogP contribution in [0.1, 0.15) is 16.1 Å². The molecule has 5 nitrogen and oxygen atoms in total. The summed E-state index contributed by atoms with van der Waals surface area (Å²) >= 11 is 0. The van der Waals surface area contributed by atoms with Crippen molar-refractivity contribution in [2.45, 2.75) is 6.54 Å². The molecule has 0 atom stereocenters. The van der Waals surface area contributed by atoms with Crippen molar-refractivity contribution < 1.29 is 9.21 Å². The summed E-state index contributed by atoms with van der Waals surface area (Å²) in [4.78, 5) is 21.0. The number of aromatic nitrogens is 2. The average molecular weight is 329 g/mol. The third-order valence-electron chi connectivity index (χ3n) is 3.94. The summed E-state index contributed by atoms with van der Waals surface area (Å²) in [5, 5.41) is 4.74. The zero-order chi connectivity index (χ0) is 17.1. The largest absolute Gasteiger partial charge is 0.464 e. The summed E-state index contributed by atoms with van der Waals surface area (Å²) in [5.74, 6) is 0.539. The number of fused-ring (bicyclic) bond motifs is 1. The van der Waals surface area contributed by atoms with Crippen molar-refractivity contribution in [3.8, 4) is 11.3 Å². The molecule has 5 heteroatoms. The SMILES string of the molecule is O=C(NCc1cncc(-c2ccco2)c1)c1nccc2ccccc12. The van der Waals surface area contributed by atoms with Crippen molar-refractivity contribution in [1.29, 1.82) is 0 Å². The van der Waals surface area contributed by atoms with Gasteiger partial charge in [0.2, 0.25) is 0 Å². The average Bonchev–Trinajstić information content (AvgIpc) is 3.21. The van der Waals surface area contributed by atoms with Gasteiger partial charge in [-0.3, -0.25) is 14.8 Å². The van der Waals surface area contributed by atoms with E-state index in [1.54, 1.807) is 24.9 Å². The molecule has 0 bridgehead atoms. The van der Waals surface area contributed by atoms with Crippen LogP contribution in [0.3, 0.4) is 0 Å². The van der Waals surface area contributed by atoms with Gasteiger partial charge in [0, 0.05) is 36.1 Å². The normalized spacial score (nSPS) is 10.7. The van der Waals surface area contributed by atoms with Crippen LogP contribution in [0.5, 0.6) is 0 Å². The van der Waals surface area contributed by atoms with Crippen LogP contribution in [0.15, 0.2) is 77.8 Å². The van der Waals surface area contributed by atoms with Gasteiger partial charge in [-0.05, 0) is 35.2 Å². The van der Waals surface area contributed by atoms with Gasteiger partial charge in [-0.25, -0.2) is 0 Å². The second-order valence-corrected chi connectivity index (χ2v) is 5.62. The molecule has 3 heterocycles. The van der Waals surface area contributed by atoms with Gasteiger partial charge in [-0.15, -0.1) is 0 Å². The highest BCUT2D eigenvalue weighted by Gasteiger charge is 2.11. The first-order chi connectivity index (χ1) is 12.3. The molecule has 0 spiro atoms. The number of nitrogens with zero attached hydrogens (tertiary/aromatic N) is 2. The summed E-state index contributed by atoms with van der Waals surface area (Å²) in [6.45, 7) is 0.366. The van der Waals surface area contributed by atoms with Gasteiger partial charge in [-0.2, -0.15) is 0 Å². The molecule has 0 saturated carbocycles. The number of furan rings is 1. The fourth-order valence-electron chi connectivity index (χ4n) is 2.73. The summed E-state index contributed by atoms with van der Waals surface area (Å²) in [6, 6.07) is 15.2. The Hall–Kier alpha value is -3.47. The smallest absolute Gasteiger partial charge is 0.270 e. The maximum atomic E-state index is 12.5. The van der Waals surface area contributed by atoms with Crippen molar-refractivity contribution in [1.82, 2.24) is 15.3 Å². The Morgan fingerprint density at radius 1 is 1.08 bits per heavy atom. The first-order valence-electron chi connectivity index (χ1n) is 7.91. The molecular formula is C20H15N3O2.